The van der Waals surface area contributed by atoms with Gasteiger partial charge in [-0.3, -0.25) is 4.79 Å². The van der Waals surface area contributed by atoms with Crippen LogP contribution < -0.4 is 5.32 Å². The average Bonchev–Trinajstić information content (AvgIpc) is 2.44. The SMILES string of the molecule is Cc1cc(C(=O)Nc2ccc(CCCl)cc2)ccc1Cl. The van der Waals surface area contributed by atoms with E-state index >= 15 is 0 Å². The van der Waals surface area contributed by atoms with Crippen LogP contribution in [0.2, 0.25) is 5.02 Å². The van der Waals surface area contributed by atoms with Gasteiger partial charge in [-0.15, -0.1) is 11.6 Å². The number of aryl methyl sites for hydroxylation is 2. The number of carbonyl (C=O) groups is 1. The maximum Gasteiger partial charge on any atom is 0.255 e. The zero-order valence-corrected chi connectivity index (χ0v) is 12.6. The monoisotopic (exact) mass is 307 g/mol. The van der Waals surface area contributed by atoms with Gasteiger partial charge in [-0.25, -0.2) is 0 Å². The van der Waals surface area contributed by atoms with Crippen LogP contribution in [0, 0.1) is 6.92 Å². The molecule has 2 aromatic carbocycles. The van der Waals surface area contributed by atoms with Gasteiger partial charge in [0.05, 0.1) is 0 Å². The molecule has 0 atom stereocenters. The first kappa shape index (κ1) is 14.9. The molecule has 1 amide bonds. The van der Waals surface area contributed by atoms with Crippen LogP contribution in [0.3, 0.4) is 0 Å². The maximum absolute atomic E-state index is 12.1. The summed E-state index contributed by atoms with van der Waals surface area (Å²) in [6, 6.07) is 12.9. The Morgan fingerprint density at radius 3 is 2.45 bits per heavy atom. The lowest BCUT2D eigenvalue weighted by Gasteiger charge is -2.07. The lowest BCUT2D eigenvalue weighted by molar-refractivity contribution is 0.102. The highest BCUT2D eigenvalue weighted by Gasteiger charge is 2.07. The Balaban J connectivity index is 2.08. The highest BCUT2D eigenvalue weighted by molar-refractivity contribution is 6.31. The van der Waals surface area contributed by atoms with Crippen molar-refractivity contribution in [2.75, 3.05) is 11.2 Å². The van der Waals surface area contributed by atoms with Crippen LogP contribution in [-0.2, 0) is 6.42 Å². The summed E-state index contributed by atoms with van der Waals surface area (Å²) in [5.74, 6) is 0.449. The fraction of sp³-hybridized carbons (Fsp3) is 0.188. The Morgan fingerprint density at radius 2 is 1.85 bits per heavy atom. The van der Waals surface area contributed by atoms with Gasteiger partial charge in [0.1, 0.15) is 0 Å². The van der Waals surface area contributed by atoms with E-state index in [0.29, 0.717) is 16.5 Å². The van der Waals surface area contributed by atoms with Crippen LogP contribution in [0.4, 0.5) is 5.69 Å². The second kappa shape index (κ2) is 6.78. The number of rotatable bonds is 4. The standard InChI is InChI=1S/C16H15Cl2NO/c1-11-10-13(4-7-15(11)18)16(20)19-14-5-2-12(3-6-14)8-9-17/h2-7,10H,8-9H2,1H3,(H,19,20). The maximum atomic E-state index is 12.1. The van der Waals surface area contributed by atoms with Crippen molar-refractivity contribution in [1.29, 1.82) is 0 Å². The molecule has 0 radical (unpaired) electrons. The summed E-state index contributed by atoms with van der Waals surface area (Å²) < 4.78 is 0. The van der Waals surface area contributed by atoms with Gasteiger partial charge in [-0.1, -0.05) is 23.7 Å². The smallest absolute Gasteiger partial charge is 0.255 e. The molecule has 1 N–H and O–H groups in total. The second-order valence-corrected chi connectivity index (χ2v) is 5.34. The Bertz CT molecular complexity index is 608. The number of halogens is 2. The molecule has 0 saturated carbocycles. The minimum absolute atomic E-state index is 0.144. The number of nitrogens with one attached hydrogen (secondary N) is 1. The van der Waals surface area contributed by atoms with E-state index in [9.17, 15) is 4.79 Å². The molecule has 0 bridgehead atoms. The first-order valence-electron chi connectivity index (χ1n) is 6.32. The van der Waals surface area contributed by atoms with E-state index in [4.69, 9.17) is 23.2 Å². The van der Waals surface area contributed by atoms with E-state index in [0.717, 1.165) is 23.2 Å². The summed E-state index contributed by atoms with van der Waals surface area (Å²) in [6.07, 6.45) is 0.826. The third-order valence-corrected chi connectivity index (χ3v) is 3.63. The van der Waals surface area contributed by atoms with E-state index in [1.54, 1.807) is 18.2 Å². The van der Waals surface area contributed by atoms with Crippen molar-refractivity contribution < 1.29 is 4.79 Å². The lowest BCUT2D eigenvalue weighted by atomic mass is 10.1. The van der Waals surface area contributed by atoms with Gasteiger partial charge in [0.2, 0.25) is 0 Å². The number of hydrogen-bond acceptors (Lipinski definition) is 1. The molecule has 0 aliphatic carbocycles. The van der Waals surface area contributed by atoms with Crippen molar-refractivity contribution in [3.63, 3.8) is 0 Å². The van der Waals surface area contributed by atoms with Crippen molar-refractivity contribution in [3.05, 3.63) is 64.2 Å². The van der Waals surface area contributed by atoms with Crippen molar-refractivity contribution in [2.45, 2.75) is 13.3 Å². The summed E-state index contributed by atoms with van der Waals surface area (Å²) in [5, 5.41) is 3.52. The summed E-state index contributed by atoms with van der Waals surface area (Å²) in [7, 11) is 0. The van der Waals surface area contributed by atoms with E-state index in [1.165, 1.54) is 0 Å². The third kappa shape index (κ3) is 3.75. The molecule has 0 spiro atoms. The molecule has 0 fully saturated rings. The summed E-state index contributed by atoms with van der Waals surface area (Å²) >= 11 is 11.6. The van der Waals surface area contributed by atoms with Gasteiger partial charge in [-0.05, 0) is 54.8 Å². The molecule has 0 heterocycles. The molecule has 0 saturated heterocycles. The summed E-state index contributed by atoms with van der Waals surface area (Å²) in [6.45, 7) is 1.88. The fourth-order valence-corrected chi connectivity index (χ4v) is 2.19. The number of anilines is 1. The van der Waals surface area contributed by atoms with E-state index < -0.39 is 0 Å². The second-order valence-electron chi connectivity index (χ2n) is 4.55. The molecule has 0 aliphatic rings. The molecule has 2 nitrogen and oxygen atoms in total. The highest BCUT2D eigenvalue weighted by Crippen LogP contribution is 2.18. The largest absolute Gasteiger partial charge is 0.322 e. The van der Waals surface area contributed by atoms with Crippen LogP contribution in [0.1, 0.15) is 21.5 Å². The molecule has 104 valence electrons. The quantitative estimate of drug-likeness (QED) is 0.816. The van der Waals surface area contributed by atoms with Crippen LogP contribution >= 0.6 is 23.2 Å². The third-order valence-electron chi connectivity index (χ3n) is 3.02. The van der Waals surface area contributed by atoms with Gasteiger partial charge in [0.15, 0.2) is 0 Å². The van der Waals surface area contributed by atoms with Crippen molar-refractivity contribution in [2.24, 2.45) is 0 Å². The molecule has 0 aliphatic heterocycles. The minimum Gasteiger partial charge on any atom is -0.322 e. The summed E-state index contributed by atoms with van der Waals surface area (Å²) in [5.41, 5.74) is 3.40. The number of carbonyl (C=O) groups excluding carboxylic acids is 1. The van der Waals surface area contributed by atoms with Gasteiger partial charge < -0.3 is 5.32 Å². The topological polar surface area (TPSA) is 29.1 Å². The van der Waals surface area contributed by atoms with Gasteiger partial charge >= 0.3 is 0 Å². The Hall–Kier alpha value is -1.51. The number of amides is 1. The molecule has 20 heavy (non-hydrogen) atoms. The molecule has 4 heteroatoms. The van der Waals surface area contributed by atoms with Gasteiger partial charge in [0.25, 0.3) is 5.91 Å². The molecule has 2 rings (SSSR count). The normalized spacial score (nSPS) is 10.3. The Kier molecular flexibility index (Phi) is 5.05. The van der Waals surface area contributed by atoms with Crippen LogP contribution in [0.5, 0.6) is 0 Å². The molecular formula is C16H15Cl2NO. The fourth-order valence-electron chi connectivity index (χ4n) is 1.85. The predicted octanol–water partition coefficient (Wildman–Crippen LogP) is 4.68. The minimum atomic E-state index is -0.144. The van der Waals surface area contributed by atoms with Gasteiger partial charge in [0, 0.05) is 22.2 Å². The molecule has 2 aromatic rings. The highest BCUT2D eigenvalue weighted by atomic mass is 35.5. The number of hydrogen-bond donors (Lipinski definition) is 1. The first-order valence-corrected chi connectivity index (χ1v) is 7.24. The van der Waals surface area contributed by atoms with Crippen molar-refractivity contribution in [1.82, 2.24) is 0 Å². The number of benzene rings is 2. The molecule has 0 aromatic heterocycles. The Labute approximate surface area is 128 Å². The van der Waals surface area contributed by atoms with Crippen LogP contribution in [-0.4, -0.2) is 11.8 Å². The lowest BCUT2D eigenvalue weighted by Crippen LogP contribution is -2.12. The zero-order chi connectivity index (χ0) is 14.5. The first-order chi connectivity index (χ1) is 9.60. The summed E-state index contributed by atoms with van der Waals surface area (Å²) in [4.78, 5) is 12.1. The van der Waals surface area contributed by atoms with Crippen molar-refractivity contribution >= 4 is 34.8 Å². The van der Waals surface area contributed by atoms with E-state index in [-0.39, 0.29) is 5.91 Å². The van der Waals surface area contributed by atoms with Gasteiger partial charge in [-0.2, -0.15) is 0 Å². The number of alkyl halides is 1. The van der Waals surface area contributed by atoms with Crippen LogP contribution in [0.15, 0.2) is 42.5 Å². The van der Waals surface area contributed by atoms with E-state index in [2.05, 4.69) is 5.32 Å². The molecular weight excluding hydrogens is 293 g/mol. The van der Waals surface area contributed by atoms with E-state index in [1.807, 2.05) is 31.2 Å². The van der Waals surface area contributed by atoms with Crippen molar-refractivity contribution in [3.8, 4) is 0 Å². The van der Waals surface area contributed by atoms with Crippen LogP contribution in [0.25, 0.3) is 0 Å². The molecule has 0 unspecified atom stereocenters. The Morgan fingerprint density at radius 1 is 1.15 bits per heavy atom. The average molecular weight is 308 g/mol. The predicted molar refractivity (Wildman–Crippen MR) is 85.0 cm³/mol. The zero-order valence-electron chi connectivity index (χ0n) is 11.1.